The number of carbonyl (C=O) groups excluding carboxylic acids is 1. The van der Waals surface area contributed by atoms with Gasteiger partial charge in [0.2, 0.25) is 0 Å². The number of fused-ring (bicyclic) bond motifs is 1. The first kappa shape index (κ1) is 23.7. The summed E-state index contributed by atoms with van der Waals surface area (Å²) in [6, 6.07) is 21.7. The van der Waals surface area contributed by atoms with Crippen molar-refractivity contribution < 1.29 is 14.4 Å². The number of benzene rings is 3. The highest BCUT2D eigenvalue weighted by atomic mass is 19.1. The van der Waals surface area contributed by atoms with E-state index in [-0.39, 0.29) is 5.82 Å². The molecule has 0 unspecified atom stereocenters. The van der Waals surface area contributed by atoms with E-state index < -0.39 is 5.91 Å². The van der Waals surface area contributed by atoms with Gasteiger partial charge < -0.3 is 5.32 Å². The molecular weight excluding hydrogens is 441 g/mol. The lowest BCUT2D eigenvalue weighted by Gasteiger charge is -2.29. The molecule has 1 aliphatic heterocycles. The summed E-state index contributed by atoms with van der Waals surface area (Å²) < 4.78 is 13.1. The summed E-state index contributed by atoms with van der Waals surface area (Å²) in [5, 5.41) is 12.4. The van der Waals surface area contributed by atoms with Crippen LogP contribution in [0.4, 0.5) is 4.39 Å². The van der Waals surface area contributed by atoms with Crippen LogP contribution in [-0.2, 0) is 25.9 Å². The minimum Gasteiger partial charge on any atom is -0.309 e. The molecule has 0 aromatic heterocycles. The van der Waals surface area contributed by atoms with Crippen molar-refractivity contribution in [1.29, 1.82) is 0 Å². The van der Waals surface area contributed by atoms with E-state index in [0.29, 0.717) is 17.5 Å². The van der Waals surface area contributed by atoms with Gasteiger partial charge in [-0.05, 0) is 84.3 Å². The topological polar surface area (TPSA) is 64.6 Å². The number of hydrogen-bond donors (Lipinski definition) is 3. The number of hydrogen-bond acceptors (Lipinski definition) is 4. The van der Waals surface area contributed by atoms with E-state index in [0.717, 1.165) is 51.9 Å². The Kier molecular flexibility index (Phi) is 7.23. The summed E-state index contributed by atoms with van der Waals surface area (Å²) in [4.78, 5) is 13.9. The van der Waals surface area contributed by atoms with Gasteiger partial charge in [0.05, 0.1) is 0 Å². The van der Waals surface area contributed by atoms with Crippen molar-refractivity contribution in [2.75, 3.05) is 13.1 Å². The summed E-state index contributed by atoms with van der Waals surface area (Å²) in [5.74, 6) is -0.156. The Bertz CT molecular complexity index is 1160. The Morgan fingerprint density at radius 3 is 2.54 bits per heavy atom. The third kappa shape index (κ3) is 5.96. The van der Waals surface area contributed by atoms with E-state index >= 15 is 0 Å². The van der Waals surface area contributed by atoms with Crippen molar-refractivity contribution in [2.45, 2.75) is 50.7 Å². The van der Waals surface area contributed by atoms with E-state index in [4.69, 9.17) is 5.21 Å². The number of aryl methyl sites for hydroxylation is 1. The highest BCUT2D eigenvalue weighted by molar-refractivity contribution is 5.93. The average Bonchev–Trinajstić information content (AvgIpc) is 3.67. The van der Waals surface area contributed by atoms with E-state index in [9.17, 15) is 9.18 Å². The fourth-order valence-electron chi connectivity index (χ4n) is 5.11. The minimum absolute atomic E-state index is 0.173. The van der Waals surface area contributed by atoms with Crippen LogP contribution in [0.1, 0.15) is 56.9 Å². The lowest BCUT2D eigenvalue weighted by Crippen LogP contribution is -2.31. The first-order chi connectivity index (χ1) is 17.1. The lowest BCUT2D eigenvalue weighted by molar-refractivity contribution is 0.0706. The molecule has 3 N–H and O–H groups in total. The van der Waals surface area contributed by atoms with Crippen molar-refractivity contribution in [3.63, 3.8) is 0 Å². The van der Waals surface area contributed by atoms with Crippen LogP contribution < -0.4 is 10.8 Å². The molecule has 0 radical (unpaired) electrons. The summed E-state index contributed by atoms with van der Waals surface area (Å²) in [6.45, 7) is 3.99. The van der Waals surface area contributed by atoms with Crippen LogP contribution >= 0.6 is 0 Å². The highest BCUT2D eigenvalue weighted by Crippen LogP contribution is 2.41. The van der Waals surface area contributed by atoms with Crippen LogP contribution in [0.3, 0.4) is 0 Å². The second kappa shape index (κ2) is 10.7. The van der Waals surface area contributed by atoms with Crippen molar-refractivity contribution in [3.8, 4) is 0 Å². The van der Waals surface area contributed by atoms with Gasteiger partial charge in [0.15, 0.2) is 0 Å². The molecule has 1 aliphatic carbocycles. The summed E-state index contributed by atoms with van der Waals surface area (Å²) >= 11 is 0. The predicted molar refractivity (Wildman–Crippen MR) is 134 cm³/mol. The third-order valence-electron chi connectivity index (χ3n) is 7.28. The minimum atomic E-state index is -0.482. The van der Waals surface area contributed by atoms with Crippen LogP contribution in [-0.4, -0.2) is 35.1 Å². The average molecular weight is 474 g/mol. The molecule has 5 nitrogen and oxygen atoms in total. The Balaban J connectivity index is 1.06. The Hall–Kier alpha value is -3.06. The zero-order valence-electron chi connectivity index (χ0n) is 19.8. The standard InChI is InChI=1S/C29H32FN3O2/c30-26-11-9-22(10-12-26)27-17-28(27)31-18-21-5-8-25-19-33(15-13-24(25)16-21)14-1-2-20-3-6-23(7-4-20)29(34)32-35/h3-12,16,27-28,31,35H,1-2,13-15,17-19H2,(H,32,34)/t27-,28+/m1/s1. The largest absolute Gasteiger partial charge is 0.309 e. The number of nitrogens with zero attached hydrogens (tertiary/aromatic N) is 1. The smallest absolute Gasteiger partial charge is 0.274 e. The monoisotopic (exact) mass is 473 g/mol. The molecule has 3 aromatic carbocycles. The maximum absolute atomic E-state index is 13.1. The van der Waals surface area contributed by atoms with Gasteiger partial charge in [0.1, 0.15) is 5.82 Å². The second-order valence-corrected chi connectivity index (χ2v) is 9.75. The van der Waals surface area contributed by atoms with Crippen LogP contribution in [0, 0.1) is 5.82 Å². The predicted octanol–water partition coefficient (Wildman–Crippen LogP) is 4.58. The number of amides is 1. The van der Waals surface area contributed by atoms with Crippen LogP contribution in [0.5, 0.6) is 0 Å². The first-order valence-electron chi connectivity index (χ1n) is 12.4. The first-order valence-corrected chi connectivity index (χ1v) is 12.4. The molecule has 0 bridgehead atoms. The lowest BCUT2D eigenvalue weighted by atomic mass is 9.97. The number of rotatable bonds is 9. The van der Waals surface area contributed by atoms with Gasteiger partial charge in [-0.25, -0.2) is 9.87 Å². The van der Waals surface area contributed by atoms with Gasteiger partial charge in [-0.15, -0.1) is 0 Å². The van der Waals surface area contributed by atoms with Gasteiger partial charge in [0, 0.05) is 37.2 Å². The van der Waals surface area contributed by atoms with Crippen LogP contribution in [0.25, 0.3) is 0 Å². The number of carbonyl (C=O) groups is 1. The van der Waals surface area contributed by atoms with Gasteiger partial charge in [-0.3, -0.25) is 14.9 Å². The van der Waals surface area contributed by atoms with E-state index in [2.05, 4.69) is 28.4 Å². The normalized spacial score (nSPS) is 19.3. The number of hydroxylamine groups is 1. The van der Waals surface area contributed by atoms with Gasteiger partial charge in [-0.1, -0.05) is 42.5 Å². The van der Waals surface area contributed by atoms with Crippen molar-refractivity contribution >= 4 is 5.91 Å². The molecule has 0 saturated heterocycles. The molecule has 5 rings (SSSR count). The zero-order valence-corrected chi connectivity index (χ0v) is 19.8. The van der Waals surface area contributed by atoms with E-state index in [1.165, 1.54) is 27.8 Å². The van der Waals surface area contributed by atoms with Gasteiger partial charge in [0.25, 0.3) is 5.91 Å². The molecule has 1 amide bonds. The molecule has 182 valence electrons. The van der Waals surface area contributed by atoms with Gasteiger partial charge >= 0.3 is 0 Å². The van der Waals surface area contributed by atoms with Crippen LogP contribution in [0.2, 0.25) is 0 Å². The van der Waals surface area contributed by atoms with Crippen molar-refractivity contribution in [3.05, 3.63) is 106 Å². The van der Waals surface area contributed by atoms with Crippen LogP contribution in [0.15, 0.2) is 66.7 Å². The summed E-state index contributed by atoms with van der Waals surface area (Å²) in [5.41, 5.74) is 8.77. The Labute approximate surface area is 205 Å². The summed E-state index contributed by atoms with van der Waals surface area (Å²) in [7, 11) is 0. The molecule has 2 atom stereocenters. The third-order valence-corrected chi connectivity index (χ3v) is 7.28. The molecule has 1 saturated carbocycles. The zero-order chi connectivity index (χ0) is 24.2. The van der Waals surface area contributed by atoms with Crippen molar-refractivity contribution in [1.82, 2.24) is 15.7 Å². The molecule has 1 fully saturated rings. The molecule has 0 spiro atoms. The van der Waals surface area contributed by atoms with E-state index in [1.807, 2.05) is 24.3 Å². The summed E-state index contributed by atoms with van der Waals surface area (Å²) in [6.07, 6.45) is 4.23. The molecule has 35 heavy (non-hydrogen) atoms. The molecule has 6 heteroatoms. The number of nitrogens with one attached hydrogen (secondary N) is 2. The van der Waals surface area contributed by atoms with E-state index in [1.54, 1.807) is 29.7 Å². The maximum Gasteiger partial charge on any atom is 0.274 e. The molecule has 2 aliphatic rings. The molecule has 1 heterocycles. The number of halogens is 1. The maximum atomic E-state index is 13.1. The quantitative estimate of drug-likeness (QED) is 0.314. The Morgan fingerprint density at radius 1 is 1.00 bits per heavy atom. The van der Waals surface area contributed by atoms with Crippen molar-refractivity contribution in [2.24, 2.45) is 0 Å². The molecular formula is C29H32FN3O2. The molecule has 3 aromatic rings. The Morgan fingerprint density at radius 2 is 1.77 bits per heavy atom. The fraction of sp³-hybridized carbons (Fsp3) is 0.345. The fourth-order valence-corrected chi connectivity index (χ4v) is 5.11. The second-order valence-electron chi connectivity index (χ2n) is 9.75. The van der Waals surface area contributed by atoms with Gasteiger partial charge in [-0.2, -0.15) is 0 Å². The highest BCUT2D eigenvalue weighted by Gasteiger charge is 2.37. The SMILES string of the molecule is O=C(NO)c1ccc(CCCN2CCc3cc(CN[C@H]4C[C@@H]4c4ccc(F)cc4)ccc3C2)cc1.